The Labute approximate surface area is 184 Å². The molecule has 2 aromatic rings. The second-order valence-electron chi connectivity index (χ2n) is 7.19. The molecular formula is C24H32N2O3S. The lowest BCUT2D eigenvalue weighted by Gasteiger charge is -2.30. The molecule has 0 spiro atoms. The van der Waals surface area contributed by atoms with E-state index in [-0.39, 0.29) is 17.6 Å². The first-order chi connectivity index (χ1) is 14.5. The highest BCUT2D eigenvalue weighted by atomic mass is 32.2. The highest BCUT2D eigenvalue weighted by Crippen LogP contribution is 2.21. The van der Waals surface area contributed by atoms with Gasteiger partial charge in [0, 0.05) is 18.0 Å². The maximum absolute atomic E-state index is 13.2. The number of nitrogens with one attached hydrogen (secondary N) is 1. The predicted molar refractivity (Wildman–Crippen MR) is 123 cm³/mol. The van der Waals surface area contributed by atoms with Crippen molar-refractivity contribution < 1.29 is 14.3 Å². The van der Waals surface area contributed by atoms with Gasteiger partial charge in [-0.2, -0.15) is 0 Å². The average molecular weight is 429 g/mol. The molecule has 5 nitrogen and oxygen atoms in total. The first kappa shape index (κ1) is 23.8. The molecule has 0 fully saturated rings. The SMILES string of the molecule is CCCNC(=O)[C@H](CC)N(Cc1ccc(OC)cc1)C(=O)CSc1ccc(C)cc1. The van der Waals surface area contributed by atoms with Gasteiger partial charge >= 0.3 is 0 Å². The van der Waals surface area contributed by atoms with Crippen molar-refractivity contribution in [2.75, 3.05) is 19.4 Å². The number of carbonyl (C=O) groups excluding carboxylic acids is 2. The fraction of sp³-hybridized carbons (Fsp3) is 0.417. The van der Waals surface area contributed by atoms with Crippen LogP contribution in [0.1, 0.15) is 37.8 Å². The van der Waals surface area contributed by atoms with Gasteiger partial charge in [-0.25, -0.2) is 0 Å². The number of ether oxygens (including phenoxy) is 1. The van der Waals surface area contributed by atoms with Gasteiger partial charge in [0.1, 0.15) is 11.8 Å². The number of hydrogen-bond acceptors (Lipinski definition) is 4. The molecule has 0 bridgehead atoms. The normalized spacial score (nSPS) is 11.6. The first-order valence-electron chi connectivity index (χ1n) is 10.4. The lowest BCUT2D eigenvalue weighted by Crippen LogP contribution is -2.49. The predicted octanol–water partition coefficient (Wildman–Crippen LogP) is 4.43. The number of aryl methyl sites for hydroxylation is 1. The van der Waals surface area contributed by atoms with Crippen LogP contribution in [0.25, 0.3) is 0 Å². The van der Waals surface area contributed by atoms with E-state index in [2.05, 4.69) is 5.32 Å². The minimum absolute atomic E-state index is 0.0464. The minimum atomic E-state index is -0.496. The van der Waals surface area contributed by atoms with Gasteiger partial charge in [-0.1, -0.05) is 43.7 Å². The summed E-state index contributed by atoms with van der Waals surface area (Å²) >= 11 is 1.50. The number of nitrogens with zero attached hydrogens (tertiary/aromatic N) is 1. The Balaban J connectivity index is 2.17. The Morgan fingerprint density at radius 1 is 1.07 bits per heavy atom. The summed E-state index contributed by atoms with van der Waals surface area (Å²) in [6, 6.07) is 15.2. The number of rotatable bonds is 11. The van der Waals surface area contributed by atoms with E-state index < -0.39 is 6.04 Å². The Morgan fingerprint density at radius 3 is 2.30 bits per heavy atom. The molecule has 0 saturated carbocycles. The van der Waals surface area contributed by atoms with E-state index in [1.165, 1.54) is 17.3 Å². The van der Waals surface area contributed by atoms with Crippen molar-refractivity contribution in [1.82, 2.24) is 10.2 Å². The first-order valence-corrected chi connectivity index (χ1v) is 11.4. The van der Waals surface area contributed by atoms with Gasteiger partial charge in [-0.05, 0) is 49.6 Å². The summed E-state index contributed by atoms with van der Waals surface area (Å²) < 4.78 is 5.22. The molecular weight excluding hydrogens is 396 g/mol. The summed E-state index contributed by atoms with van der Waals surface area (Å²) in [5.41, 5.74) is 2.15. The lowest BCUT2D eigenvalue weighted by atomic mass is 10.1. The van der Waals surface area contributed by atoms with Gasteiger partial charge < -0.3 is 15.0 Å². The van der Waals surface area contributed by atoms with Crippen LogP contribution in [0.4, 0.5) is 0 Å². The van der Waals surface area contributed by atoms with E-state index >= 15 is 0 Å². The van der Waals surface area contributed by atoms with Crippen molar-refractivity contribution >= 4 is 23.6 Å². The van der Waals surface area contributed by atoms with E-state index in [0.29, 0.717) is 19.5 Å². The fourth-order valence-corrected chi connectivity index (χ4v) is 3.86. The molecule has 1 atom stereocenters. The second-order valence-corrected chi connectivity index (χ2v) is 8.24. The van der Waals surface area contributed by atoms with Crippen LogP contribution < -0.4 is 10.1 Å². The number of thioether (sulfide) groups is 1. The molecule has 6 heteroatoms. The van der Waals surface area contributed by atoms with Crippen molar-refractivity contribution in [3.63, 3.8) is 0 Å². The molecule has 0 aliphatic heterocycles. The van der Waals surface area contributed by atoms with Gasteiger partial charge in [-0.15, -0.1) is 11.8 Å². The highest BCUT2D eigenvalue weighted by molar-refractivity contribution is 8.00. The molecule has 0 heterocycles. The molecule has 0 radical (unpaired) electrons. The van der Waals surface area contributed by atoms with E-state index in [1.54, 1.807) is 12.0 Å². The summed E-state index contributed by atoms with van der Waals surface area (Å²) in [4.78, 5) is 28.7. The molecule has 1 N–H and O–H groups in total. The lowest BCUT2D eigenvalue weighted by molar-refractivity contribution is -0.139. The standard InChI is InChI=1S/C24H32N2O3S/c1-5-15-25-24(28)22(6-2)26(16-19-9-11-20(29-4)12-10-19)23(27)17-30-21-13-7-18(3)8-14-21/h7-14,22H,5-6,15-17H2,1-4H3,(H,25,28)/t22-/m0/s1. The summed E-state index contributed by atoms with van der Waals surface area (Å²) in [7, 11) is 1.62. The molecule has 2 amide bonds. The zero-order chi connectivity index (χ0) is 21.9. The van der Waals surface area contributed by atoms with Crippen molar-refractivity contribution in [3.8, 4) is 5.75 Å². The third-order valence-corrected chi connectivity index (χ3v) is 5.83. The van der Waals surface area contributed by atoms with E-state index in [0.717, 1.165) is 22.6 Å². The monoisotopic (exact) mass is 428 g/mol. The molecule has 30 heavy (non-hydrogen) atoms. The number of benzene rings is 2. The second kappa shape index (κ2) is 12.3. The van der Waals surface area contributed by atoms with E-state index in [9.17, 15) is 9.59 Å². The molecule has 0 saturated heterocycles. The number of hydrogen-bond donors (Lipinski definition) is 1. The quantitative estimate of drug-likeness (QED) is 0.538. The van der Waals surface area contributed by atoms with Gasteiger partial charge in [-0.3, -0.25) is 9.59 Å². The van der Waals surface area contributed by atoms with Crippen LogP contribution in [0.5, 0.6) is 5.75 Å². The smallest absolute Gasteiger partial charge is 0.242 e. The minimum Gasteiger partial charge on any atom is -0.497 e. The van der Waals surface area contributed by atoms with Crippen molar-refractivity contribution in [2.45, 2.75) is 51.1 Å². The third-order valence-electron chi connectivity index (χ3n) is 4.83. The third kappa shape index (κ3) is 7.10. The fourth-order valence-electron chi connectivity index (χ4n) is 3.08. The molecule has 0 aliphatic rings. The van der Waals surface area contributed by atoms with Crippen LogP contribution in [0.2, 0.25) is 0 Å². The van der Waals surface area contributed by atoms with Gasteiger partial charge in [0.25, 0.3) is 0 Å². The average Bonchev–Trinajstić information content (AvgIpc) is 2.77. The van der Waals surface area contributed by atoms with Crippen molar-refractivity contribution in [3.05, 3.63) is 59.7 Å². The maximum atomic E-state index is 13.2. The summed E-state index contributed by atoms with van der Waals surface area (Å²) in [5.74, 6) is 0.910. The van der Waals surface area contributed by atoms with Crippen LogP contribution in [0.15, 0.2) is 53.4 Å². The Kier molecular flexibility index (Phi) is 9.74. The van der Waals surface area contributed by atoms with Crippen LogP contribution in [0, 0.1) is 6.92 Å². The van der Waals surface area contributed by atoms with E-state index in [1.807, 2.05) is 69.3 Å². The molecule has 0 unspecified atom stereocenters. The summed E-state index contributed by atoms with van der Waals surface area (Å²) in [6.07, 6.45) is 1.42. The Morgan fingerprint density at radius 2 is 1.73 bits per heavy atom. The summed E-state index contributed by atoms with van der Waals surface area (Å²) in [6.45, 7) is 6.99. The van der Waals surface area contributed by atoms with Crippen molar-refractivity contribution in [2.24, 2.45) is 0 Å². The molecule has 0 aliphatic carbocycles. The van der Waals surface area contributed by atoms with Gasteiger partial charge in [0.15, 0.2) is 0 Å². The largest absolute Gasteiger partial charge is 0.497 e. The number of amides is 2. The van der Waals surface area contributed by atoms with E-state index in [4.69, 9.17) is 4.74 Å². The van der Waals surface area contributed by atoms with Crippen LogP contribution in [0.3, 0.4) is 0 Å². The molecule has 2 aromatic carbocycles. The van der Waals surface area contributed by atoms with Crippen molar-refractivity contribution in [1.29, 1.82) is 0 Å². The van der Waals surface area contributed by atoms with Crippen LogP contribution >= 0.6 is 11.8 Å². The topological polar surface area (TPSA) is 58.6 Å². The number of carbonyl (C=O) groups is 2. The van der Waals surface area contributed by atoms with Gasteiger partial charge in [0.2, 0.25) is 11.8 Å². The Hall–Kier alpha value is -2.47. The van der Waals surface area contributed by atoms with Crippen LogP contribution in [-0.2, 0) is 16.1 Å². The zero-order valence-corrected chi connectivity index (χ0v) is 19.1. The molecule has 0 aromatic heterocycles. The van der Waals surface area contributed by atoms with Gasteiger partial charge in [0.05, 0.1) is 12.9 Å². The number of methoxy groups -OCH3 is 1. The Bertz CT molecular complexity index is 806. The molecule has 2 rings (SSSR count). The van der Waals surface area contributed by atoms with Crippen LogP contribution in [-0.4, -0.2) is 42.2 Å². The maximum Gasteiger partial charge on any atom is 0.242 e. The summed E-state index contributed by atoms with van der Waals surface area (Å²) in [5, 5.41) is 2.94. The zero-order valence-electron chi connectivity index (χ0n) is 18.3. The molecule has 162 valence electrons. The highest BCUT2D eigenvalue weighted by Gasteiger charge is 2.28.